The molecule has 2 heteroatoms. The van der Waals surface area contributed by atoms with Gasteiger partial charge < -0.3 is 5.32 Å². The topological polar surface area (TPSA) is 12.0 Å². The van der Waals surface area contributed by atoms with E-state index in [2.05, 4.69) is 57.3 Å². The zero-order chi connectivity index (χ0) is 15.3. The lowest BCUT2D eigenvalue weighted by Crippen LogP contribution is -2.34. The van der Waals surface area contributed by atoms with E-state index in [0.29, 0.717) is 0 Å². The SMILES string of the molecule is CC1CCC(NCCSc2ccc(C(C)(C)C)cc2)CC1. The van der Waals surface area contributed by atoms with Crippen molar-refractivity contribution in [1.82, 2.24) is 5.32 Å². The molecule has 1 fully saturated rings. The van der Waals surface area contributed by atoms with E-state index in [-0.39, 0.29) is 5.41 Å². The van der Waals surface area contributed by atoms with Crippen molar-refractivity contribution in [3.05, 3.63) is 29.8 Å². The van der Waals surface area contributed by atoms with E-state index in [1.165, 1.54) is 41.9 Å². The molecule has 1 aromatic rings. The van der Waals surface area contributed by atoms with Gasteiger partial charge >= 0.3 is 0 Å². The minimum Gasteiger partial charge on any atom is -0.313 e. The second kappa shape index (κ2) is 7.69. The summed E-state index contributed by atoms with van der Waals surface area (Å²) in [6.45, 7) is 10.3. The molecule has 1 aliphatic rings. The fourth-order valence-electron chi connectivity index (χ4n) is 2.95. The molecular formula is C19H31NS. The van der Waals surface area contributed by atoms with Gasteiger partial charge in [0.2, 0.25) is 0 Å². The molecule has 1 N–H and O–H groups in total. The van der Waals surface area contributed by atoms with Gasteiger partial charge in [-0.25, -0.2) is 0 Å². The average molecular weight is 306 g/mol. The van der Waals surface area contributed by atoms with E-state index < -0.39 is 0 Å². The molecule has 0 spiro atoms. The smallest absolute Gasteiger partial charge is 0.0106 e. The Morgan fingerprint density at radius 3 is 2.24 bits per heavy atom. The van der Waals surface area contributed by atoms with E-state index in [9.17, 15) is 0 Å². The monoisotopic (exact) mass is 305 g/mol. The number of rotatable bonds is 5. The number of hydrogen-bond donors (Lipinski definition) is 1. The Morgan fingerprint density at radius 1 is 1.05 bits per heavy atom. The molecule has 0 bridgehead atoms. The molecule has 2 rings (SSSR count). The summed E-state index contributed by atoms with van der Waals surface area (Å²) in [5.41, 5.74) is 1.67. The van der Waals surface area contributed by atoms with Crippen LogP contribution in [0, 0.1) is 5.92 Å². The normalized spacial score (nSPS) is 23.2. The van der Waals surface area contributed by atoms with Gasteiger partial charge in [-0.05, 0) is 54.7 Å². The third-order valence-corrected chi connectivity index (χ3v) is 5.55. The average Bonchev–Trinajstić information content (AvgIpc) is 2.45. The lowest BCUT2D eigenvalue weighted by atomic mass is 9.87. The van der Waals surface area contributed by atoms with Gasteiger partial charge in [-0.15, -0.1) is 11.8 Å². The highest BCUT2D eigenvalue weighted by Gasteiger charge is 2.17. The summed E-state index contributed by atoms with van der Waals surface area (Å²) < 4.78 is 0. The van der Waals surface area contributed by atoms with Crippen LogP contribution >= 0.6 is 11.8 Å². The molecule has 1 aromatic carbocycles. The van der Waals surface area contributed by atoms with Gasteiger partial charge in [0.05, 0.1) is 0 Å². The molecule has 0 aromatic heterocycles. The zero-order valence-electron chi connectivity index (χ0n) is 14.1. The van der Waals surface area contributed by atoms with Crippen molar-refractivity contribution in [3.63, 3.8) is 0 Å². The Bertz CT molecular complexity index is 410. The van der Waals surface area contributed by atoms with Crippen molar-refractivity contribution in [2.45, 2.75) is 69.7 Å². The molecule has 0 amide bonds. The summed E-state index contributed by atoms with van der Waals surface area (Å²) >= 11 is 1.97. The molecule has 118 valence electrons. The summed E-state index contributed by atoms with van der Waals surface area (Å²) in [6, 6.07) is 9.86. The first-order chi connectivity index (χ1) is 9.95. The van der Waals surface area contributed by atoms with Crippen LogP contribution in [0.1, 0.15) is 58.9 Å². The molecular weight excluding hydrogens is 274 g/mol. The Balaban J connectivity index is 1.67. The van der Waals surface area contributed by atoms with Gasteiger partial charge in [-0.2, -0.15) is 0 Å². The minimum absolute atomic E-state index is 0.253. The van der Waals surface area contributed by atoms with E-state index in [1.54, 1.807) is 0 Å². The van der Waals surface area contributed by atoms with Crippen molar-refractivity contribution < 1.29 is 0 Å². The van der Waals surface area contributed by atoms with Gasteiger partial charge in [0.15, 0.2) is 0 Å². The molecule has 21 heavy (non-hydrogen) atoms. The van der Waals surface area contributed by atoms with Crippen LogP contribution in [0.5, 0.6) is 0 Å². The van der Waals surface area contributed by atoms with E-state index in [1.807, 2.05) is 11.8 Å². The maximum absolute atomic E-state index is 3.73. The maximum Gasteiger partial charge on any atom is 0.0106 e. The Kier molecular flexibility index (Phi) is 6.19. The predicted octanol–water partition coefficient (Wildman–Crippen LogP) is 5.24. The summed E-state index contributed by atoms with van der Waals surface area (Å²) in [5, 5.41) is 3.73. The summed E-state index contributed by atoms with van der Waals surface area (Å²) in [5.74, 6) is 2.11. The molecule has 1 aliphatic carbocycles. The van der Waals surface area contributed by atoms with Gasteiger partial charge in [-0.3, -0.25) is 0 Å². The van der Waals surface area contributed by atoms with Crippen LogP contribution in [0.4, 0.5) is 0 Å². The largest absolute Gasteiger partial charge is 0.313 e. The molecule has 0 heterocycles. The quantitative estimate of drug-likeness (QED) is 0.589. The van der Waals surface area contributed by atoms with Crippen molar-refractivity contribution >= 4 is 11.8 Å². The van der Waals surface area contributed by atoms with Crippen LogP contribution < -0.4 is 5.32 Å². The molecule has 0 atom stereocenters. The van der Waals surface area contributed by atoms with Crippen molar-refractivity contribution in [2.75, 3.05) is 12.3 Å². The summed E-state index contributed by atoms with van der Waals surface area (Å²) in [6.07, 6.45) is 5.54. The van der Waals surface area contributed by atoms with E-state index in [4.69, 9.17) is 0 Å². The summed E-state index contributed by atoms with van der Waals surface area (Å²) in [7, 11) is 0. The Hall–Kier alpha value is -0.470. The van der Waals surface area contributed by atoms with Gasteiger partial charge in [0.25, 0.3) is 0 Å². The molecule has 1 saturated carbocycles. The maximum atomic E-state index is 3.73. The van der Waals surface area contributed by atoms with Crippen molar-refractivity contribution in [2.24, 2.45) is 5.92 Å². The van der Waals surface area contributed by atoms with Crippen molar-refractivity contribution in [1.29, 1.82) is 0 Å². The fourth-order valence-corrected chi connectivity index (χ4v) is 3.73. The molecule has 0 radical (unpaired) electrons. The van der Waals surface area contributed by atoms with Crippen LogP contribution in [0.2, 0.25) is 0 Å². The standard InChI is InChI=1S/C19H31NS/c1-15-5-9-17(10-6-15)20-13-14-21-18-11-7-16(8-12-18)19(2,3)4/h7-8,11-12,15,17,20H,5-6,9-10,13-14H2,1-4H3. The molecule has 0 unspecified atom stereocenters. The first kappa shape index (κ1) is 16.9. The first-order valence-electron chi connectivity index (χ1n) is 8.42. The Morgan fingerprint density at radius 2 is 1.67 bits per heavy atom. The number of thioether (sulfide) groups is 1. The number of hydrogen-bond acceptors (Lipinski definition) is 2. The minimum atomic E-state index is 0.253. The second-order valence-electron chi connectivity index (χ2n) is 7.53. The Labute approximate surface area is 135 Å². The first-order valence-corrected chi connectivity index (χ1v) is 9.40. The van der Waals surface area contributed by atoms with Crippen molar-refractivity contribution in [3.8, 4) is 0 Å². The van der Waals surface area contributed by atoms with Crippen LogP contribution in [0.15, 0.2) is 29.2 Å². The highest BCUT2D eigenvalue weighted by Crippen LogP contribution is 2.26. The lowest BCUT2D eigenvalue weighted by molar-refractivity contribution is 0.312. The van der Waals surface area contributed by atoms with Crippen LogP contribution in [0.3, 0.4) is 0 Å². The van der Waals surface area contributed by atoms with Crippen LogP contribution in [-0.2, 0) is 5.41 Å². The highest BCUT2D eigenvalue weighted by atomic mass is 32.2. The number of benzene rings is 1. The third-order valence-electron chi connectivity index (χ3n) is 4.54. The van der Waals surface area contributed by atoms with E-state index in [0.717, 1.165) is 18.5 Å². The van der Waals surface area contributed by atoms with E-state index >= 15 is 0 Å². The fraction of sp³-hybridized carbons (Fsp3) is 0.684. The zero-order valence-corrected chi connectivity index (χ0v) is 14.9. The van der Waals surface area contributed by atoms with Gasteiger partial charge in [0, 0.05) is 23.2 Å². The lowest BCUT2D eigenvalue weighted by Gasteiger charge is -2.27. The molecule has 0 saturated heterocycles. The van der Waals surface area contributed by atoms with Crippen LogP contribution in [0.25, 0.3) is 0 Å². The predicted molar refractivity (Wildman–Crippen MR) is 95.3 cm³/mol. The molecule has 1 nitrogen and oxygen atoms in total. The second-order valence-corrected chi connectivity index (χ2v) is 8.70. The third kappa shape index (κ3) is 5.67. The molecule has 0 aliphatic heterocycles. The van der Waals surface area contributed by atoms with Crippen LogP contribution in [-0.4, -0.2) is 18.3 Å². The number of nitrogens with one attached hydrogen (secondary N) is 1. The van der Waals surface area contributed by atoms with Gasteiger partial charge in [0.1, 0.15) is 0 Å². The highest BCUT2D eigenvalue weighted by molar-refractivity contribution is 7.99. The van der Waals surface area contributed by atoms with Gasteiger partial charge in [-0.1, -0.05) is 39.8 Å². The summed E-state index contributed by atoms with van der Waals surface area (Å²) in [4.78, 5) is 1.39.